The van der Waals surface area contributed by atoms with Crippen LogP contribution < -0.4 is 11.1 Å². The Bertz CT molecular complexity index is 591. The number of anilines is 3. The van der Waals surface area contributed by atoms with Crippen LogP contribution in [0.15, 0.2) is 24.5 Å². The van der Waals surface area contributed by atoms with Gasteiger partial charge >= 0.3 is 0 Å². The van der Waals surface area contributed by atoms with Crippen molar-refractivity contribution in [2.75, 3.05) is 11.1 Å². The molecule has 0 saturated carbocycles. The highest BCUT2D eigenvalue weighted by molar-refractivity contribution is 5.65. The Morgan fingerprint density at radius 2 is 1.84 bits per heavy atom. The van der Waals surface area contributed by atoms with Crippen molar-refractivity contribution < 1.29 is 0 Å². The van der Waals surface area contributed by atoms with E-state index in [9.17, 15) is 0 Å². The monoisotopic (exact) mass is 256 g/mol. The van der Waals surface area contributed by atoms with Crippen LogP contribution in [-0.4, -0.2) is 9.97 Å². The number of nitrogens with zero attached hydrogens (tertiary/aromatic N) is 2. The quantitative estimate of drug-likeness (QED) is 0.881. The second-order valence-electron chi connectivity index (χ2n) is 5.10. The van der Waals surface area contributed by atoms with E-state index < -0.39 is 0 Å². The number of benzene rings is 1. The summed E-state index contributed by atoms with van der Waals surface area (Å²) in [4.78, 5) is 8.37. The molecule has 4 nitrogen and oxygen atoms in total. The fourth-order valence-corrected chi connectivity index (χ4v) is 2.03. The Kier molecular flexibility index (Phi) is 3.69. The molecule has 3 N–H and O–H groups in total. The maximum absolute atomic E-state index is 5.94. The van der Waals surface area contributed by atoms with Crippen molar-refractivity contribution in [1.29, 1.82) is 0 Å². The molecule has 1 aromatic carbocycles. The van der Waals surface area contributed by atoms with Crippen molar-refractivity contribution in [1.82, 2.24) is 9.97 Å². The number of aromatic nitrogens is 2. The molecular formula is C15H20N4. The topological polar surface area (TPSA) is 63.8 Å². The molecule has 100 valence electrons. The first kappa shape index (κ1) is 13.3. The fourth-order valence-electron chi connectivity index (χ4n) is 2.03. The standard InChI is InChI=1S/C15H20N4/c1-9(2)13-14(16)17-8-18-15(13)19-12-6-5-10(3)11(4)7-12/h5-9H,1-4H3,(H3,16,17,18,19). The van der Waals surface area contributed by atoms with E-state index in [2.05, 4.69) is 55.1 Å². The summed E-state index contributed by atoms with van der Waals surface area (Å²) in [5, 5.41) is 3.33. The van der Waals surface area contributed by atoms with Crippen molar-refractivity contribution in [2.24, 2.45) is 0 Å². The molecule has 0 amide bonds. The van der Waals surface area contributed by atoms with Crippen molar-refractivity contribution in [3.8, 4) is 0 Å². The summed E-state index contributed by atoms with van der Waals surface area (Å²) in [6.45, 7) is 8.36. The molecule has 2 aromatic rings. The van der Waals surface area contributed by atoms with Gasteiger partial charge in [-0.3, -0.25) is 0 Å². The molecule has 0 bridgehead atoms. The third-order valence-electron chi connectivity index (χ3n) is 3.26. The van der Waals surface area contributed by atoms with E-state index in [0.717, 1.165) is 17.1 Å². The molecule has 2 rings (SSSR count). The first-order valence-electron chi connectivity index (χ1n) is 6.43. The SMILES string of the molecule is Cc1ccc(Nc2ncnc(N)c2C(C)C)cc1C. The molecule has 0 fully saturated rings. The predicted octanol–water partition coefficient (Wildman–Crippen LogP) is 3.54. The van der Waals surface area contributed by atoms with Gasteiger partial charge in [-0.05, 0) is 43.0 Å². The minimum absolute atomic E-state index is 0.273. The van der Waals surface area contributed by atoms with E-state index in [1.54, 1.807) is 0 Å². The van der Waals surface area contributed by atoms with E-state index in [4.69, 9.17) is 5.73 Å². The van der Waals surface area contributed by atoms with Crippen molar-refractivity contribution in [3.63, 3.8) is 0 Å². The largest absolute Gasteiger partial charge is 0.383 e. The third kappa shape index (κ3) is 2.84. The fraction of sp³-hybridized carbons (Fsp3) is 0.333. The van der Waals surface area contributed by atoms with Crippen LogP contribution in [-0.2, 0) is 0 Å². The Labute approximate surface area is 114 Å². The lowest BCUT2D eigenvalue weighted by Gasteiger charge is -2.15. The van der Waals surface area contributed by atoms with Crippen LogP contribution in [0, 0.1) is 13.8 Å². The number of hydrogen-bond donors (Lipinski definition) is 2. The number of nitrogen functional groups attached to an aromatic ring is 1. The van der Waals surface area contributed by atoms with Gasteiger partial charge in [-0.15, -0.1) is 0 Å². The van der Waals surface area contributed by atoms with Crippen LogP contribution in [0.4, 0.5) is 17.3 Å². The molecule has 0 saturated heterocycles. The summed E-state index contributed by atoms with van der Waals surface area (Å²) in [5.74, 6) is 1.59. The first-order chi connectivity index (χ1) is 8.99. The van der Waals surface area contributed by atoms with Gasteiger partial charge in [0.1, 0.15) is 18.0 Å². The molecule has 0 aliphatic rings. The van der Waals surface area contributed by atoms with Crippen LogP contribution in [0.5, 0.6) is 0 Å². The van der Waals surface area contributed by atoms with Gasteiger partial charge in [0.25, 0.3) is 0 Å². The molecule has 1 heterocycles. The highest BCUT2D eigenvalue weighted by atomic mass is 15.0. The molecule has 0 spiro atoms. The molecule has 0 radical (unpaired) electrons. The summed E-state index contributed by atoms with van der Waals surface area (Å²) in [6, 6.07) is 6.25. The highest BCUT2D eigenvalue weighted by Gasteiger charge is 2.13. The summed E-state index contributed by atoms with van der Waals surface area (Å²) in [5.41, 5.74) is 10.4. The zero-order valence-corrected chi connectivity index (χ0v) is 11.9. The van der Waals surface area contributed by atoms with Crippen molar-refractivity contribution in [2.45, 2.75) is 33.6 Å². The second kappa shape index (κ2) is 5.26. The Balaban J connectivity index is 2.38. The molecule has 0 unspecified atom stereocenters. The van der Waals surface area contributed by atoms with Crippen molar-refractivity contribution >= 4 is 17.3 Å². The summed E-state index contributed by atoms with van der Waals surface area (Å²) in [6.07, 6.45) is 1.49. The minimum Gasteiger partial charge on any atom is -0.383 e. The van der Waals surface area contributed by atoms with E-state index in [-0.39, 0.29) is 5.92 Å². The molecule has 0 aliphatic carbocycles. The van der Waals surface area contributed by atoms with Gasteiger partial charge in [0.2, 0.25) is 0 Å². The normalized spacial score (nSPS) is 10.8. The lowest BCUT2D eigenvalue weighted by atomic mass is 10.0. The molecule has 4 heteroatoms. The van der Waals surface area contributed by atoms with Gasteiger partial charge in [0.05, 0.1) is 0 Å². The van der Waals surface area contributed by atoms with Gasteiger partial charge in [-0.2, -0.15) is 0 Å². The summed E-state index contributed by atoms with van der Waals surface area (Å²) >= 11 is 0. The number of nitrogens with two attached hydrogens (primary N) is 1. The van der Waals surface area contributed by atoms with Gasteiger partial charge in [0.15, 0.2) is 0 Å². The maximum Gasteiger partial charge on any atom is 0.139 e. The summed E-state index contributed by atoms with van der Waals surface area (Å²) in [7, 11) is 0. The van der Waals surface area contributed by atoms with E-state index in [1.165, 1.54) is 17.5 Å². The van der Waals surface area contributed by atoms with Crippen LogP contribution in [0.25, 0.3) is 0 Å². The smallest absolute Gasteiger partial charge is 0.139 e. The van der Waals surface area contributed by atoms with Gasteiger partial charge in [-0.25, -0.2) is 9.97 Å². The van der Waals surface area contributed by atoms with Crippen LogP contribution in [0.3, 0.4) is 0 Å². The number of aryl methyl sites for hydroxylation is 2. The average Bonchev–Trinajstić information content (AvgIpc) is 2.33. The summed E-state index contributed by atoms with van der Waals surface area (Å²) < 4.78 is 0. The average molecular weight is 256 g/mol. The van der Waals surface area contributed by atoms with Gasteiger partial charge in [0, 0.05) is 11.3 Å². The van der Waals surface area contributed by atoms with Crippen LogP contribution in [0.1, 0.15) is 36.5 Å². The second-order valence-corrected chi connectivity index (χ2v) is 5.10. The maximum atomic E-state index is 5.94. The van der Waals surface area contributed by atoms with Gasteiger partial charge in [-0.1, -0.05) is 19.9 Å². The Hall–Kier alpha value is -2.10. The number of rotatable bonds is 3. The third-order valence-corrected chi connectivity index (χ3v) is 3.26. The van der Waals surface area contributed by atoms with Gasteiger partial charge < -0.3 is 11.1 Å². The van der Waals surface area contributed by atoms with Crippen LogP contribution >= 0.6 is 0 Å². The lowest BCUT2D eigenvalue weighted by Crippen LogP contribution is -2.06. The Morgan fingerprint density at radius 1 is 1.11 bits per heavy atom. The number of hydrogen-bond acceptors (Lipinski definition) is 4. The number of nitrogens with one attached hydrogen (secondary N) is 1. The lowest BCUT2D eigenvalue weighted by molar-refractivity contribution is 0.855. The molecule has 1 aromatic heterocycles. The zero-order chi connectivity index (χ0) is 14.0. The molecule has 0 atom stereocenters. The minimum atomic E-state index is 0.273. The highest BCUT2D eigenvalue weighted by Crippen LogP contribution is 2.29. The Morgan fingerprint density at radius 3 is 2.47 bits per heavy atom. The van der Waals surface area contributed by atoms with E-state index >= 15 is 0 Å². The predicted molar refractivity (Wildman–Crippen MR) is 79.7 cm³/mol. The molecule has 19 heavy (non-hydrogen) atoms. The van der Waals surface area contributed by atoms with Crippen LogP contribution in [0.2, 0.25) is 0 Å². The zero-order valence-electron chi connectivity index (χ0n) is 11.9. The molecular weight excluding hydrogens is 236 g/mol. The van der Waals surface area contributed by atoms with E-state index in [1.807, 2.05) is 6.07 Å². The first-order valence-corrected chi connectivity index (χ1v) is 6.43. The van der Waals surface area contributed by atoms with Crippen molar-refractivity contribution in [3.05, 3.63) is 41.2 Å². The van der Waals surface area contributed by atoms with E-state index in [0.29, 0.717) is 5.82 Å². The molecule has 0 aliphatic heterocycles.